The van der Waals surface area contributed by atoms with Crippen molar-refractivity contribution in [3.05, 3.63) is 28.2 Å². The monoisotopic (exact) mass is 342 g/mol. The van der Waals surface area contributed by atoms with Crippen molar-refractivity contribution >= 4 is 15.9 Å². The number of nitrogens with zero attached hydrogens (tertiary/aromatic N) is 1. The summed E-state index contributed by atoms with van der Waals surface area (Å²) in [5.74, 6) is 0.343. The zero-order valence-electron chi connectivity index (χ0n) is 12.8. The van der Waals surface area contributed by atoms with Crippen molar-refractivity contribution in [1.29, 1.82) is 0 Å². The average Bonchev–Trinajstić information content (AvgIpc) is 2.45. The van der Waals surface area contributed by atoms with Gasteiger partial charge in [0.05, 0.1) is 4.47 Å². The fourth-order valence-electron chi connectivity index (χ4n) is 2.25. The van der Waals surface area contributed by atoms with Gasteiger partial charge in [-0.15, -0.1) is 0 Å². The lowest BCUT2D eigenvalue weighted by Gasteiger charge is -2.20. The van der Waals surface area contributed by atoms with Gasteiger partial charge in [0.25, 0.3) is 0 Å². The minimum atomic E-state index is 0.343. The molecule has 0 aromatic heterocycles. The molecule has 0 aliphatic carbocycles. The van der Waals surface area contributed by atoms with Gasteiger partial charge in [-0.1, -0.05) is 26.0 Å². The standard InChI is InChI=1S/C16H27BrN2O/c1-4-19(5-2)11-7-8-13(3)18-12-14-9-6-10-15(17)16(14)20/h6,9-10,13,18,20H,4-5,7-8,11-12H2,1-3H3. The number of hydrogen-bond donors (Lipinski definition) is 2. The van der Waals surface area contributed by atoms with Crippen molar-refractivity contribution in [2.45, 2.75) is 46.2 Å². The largest absolute Gasteiger partial charge is 0.506 e. The van der Waals surface area contributed by atoms with E-state index in [2.05, 4.69) is 46.9 Å². The summed E-state index contributed by atoms with van der Waals surface area (Å²) in [5.41, 5.74) is 0.940. The van der Waals surface area contributed by atoms with Crippen LogP contribution in [0.3, 0.4) is 0 Å². The molecule has 0 spiro atoms. The number of hydrogen-bond acceptors (Lipinski definition) is 3. The molecule has 1 aromatic rings. The molecular weight excluding hydrogens is 316 g/mol. The molecule has 0 radical (unpaired) electrons. The van der Waals surface area contributed by atoms with Gasteiger partial charge in [0.2, 0.25) is 0 Å². The van der Waals surface area contributed by atoms with E-state index in [-0.39, 0.29) is 0 Å². The Morgan fingerprint density at radius 3 is 2.65 bits per heavy atom. The van der Waals surface area contributed by atoms with Crippen LogP contribution >= 0.6 is 15.9 Å². The second-order valence-corrected chi connectivity index (χ2v) is 6.05. The lowest BCUT2D eigenvalue weighted by Crippen LogP contribution is -2.28. The number of nitrogens with one attached hydrogen (secondary N) is 1. The fourth-order valence-corrected chi connectivity index (χ4v) is 2.66. The normalized spacial score (nSPS) is 12.8. The van der Waals surface area contributed by atoms with Crippen molar-refractivity contribution < 1.29 is 5.11 Å². The van der Waals surface area contributed by atoms with Crippen LogP contribution in [0.2, 0.25) is 0 Å². The second-order valence-electron chi connectivity index (χ2n) is 5.20. The molecule has 1 aromatic carbocycles. The zero-order chi connectivity index (χ0) is 15.0. The Labute approximate surface area is 131 Å². The molecule has 114 valence electrons. The third-order valence-electron chi connectivity index (χ3n) is 3.72. The third kappa shape index (κ3) is 5.81. The maximum atomic E-state index is 9.93. The number of phenols is 1. The summed E-state index contributed by atoms with van der Waals surface area (Å²) in [5, 5.41) is 13.4. The first kappa shape index (κ1) is 17.5. The second kappa shape index (κ2) is 9.37. The molecule has 1 atom stereocenters. The van der Waals surface area contributed by atoms with E-state index in [0.717, 1.165) is 29.5 Å². The smallest absolute Gasteiger partial charge is 0.134 e. The number of benzene rings is 1. The Balaban J connectivity index is 2.29. The summed E-state index contributed by atoms with van der Waals surface area (Å²) in [6.07, 6.45) is 2.37. The van der Waals surface area contributed by atoms with E-state index in [1.165, 1.54) is 13.0 Å². The summed E-state index contributed by atoms with van der Waals surface area (Å²) >= 11 is 3.34. The summed E-state index contributed by atoms with van der Waals surface area (Å²) in [4.78, 5) is 2.45. The van der Waals surface area contributed by atoms with Gasteiger partial charge in [0, 0.05) is 18.2 Å². The van der Waals surface area contributed by atoms with E-state index in [4.69, 9.17) is 0 Å². The molecule has 0 saturated heterocycles. The molecule has 20 heavy (non-hydrogen) atoms. The van der Waals surface area contributed by atoms with Crippen LogP contribution in [0.5, 0.6) is 5.75 Å². The topological polar surface area (TPSA) is 35.5 Å². The average molecular weight is 343 g/mol. The van der Waals surface area contributed by atoms with Crippen molar-refractivity contribution in [1.82, 2.24) is 10.2 Å². The van der Waals surface area contributed by atoms with Crippen LogP contribution in [0.25, 0.3) is 0 Å². The number of phenolic OH excluding ortho intramolecular Hbond substituents is 1. The van der Waals surface area contributed by atoms with Crippen LogP contribution in [-0.2, 0) is 6.54 Å². The quantitative estimate of drug-likeness (QED) is 0.717. The van der Waals surface area contributed by atoms with Crippen molar-refractivity contribution in [3.63, 3.8) is 0 Å². The number of rotatable bonds is 9. The highest BCUT2D eigenvalue weighted by atomic mass is 79.9. The molecule has 4 heteroatoms. The van der Waals surface area contributed by atoms with Gasteiger partial charge in [0.1, 0.15) is 5.75 Å². The van der Waals surface area contributed by atoms with Crippen LogP contribution in [0.4, 0.5) is 0 Å². The lowest BCUT2D eigenvalue weighted by molar-refractivity contribution is 0.290. The van der Waals surface area contributed by atoms with E-state index in [1.807, 2.05) is 18.2 Å². The van der Waals surface area contributed by atoms with Crippen molar-refractivity contribution in [2.75, 3.05) is 19.6 Å². The highest BCUT2D eigenvalue weighted by Gasteiger charge is 2.07. The number of halogens is 1. The molecule has 0 bridgehead atoms. The zero-order valence-corrected chi connectivity index (χ0v) is 14.4. The Kier molecular flexibility index (Phi) is 8.19. The minimum Gasteiger partial charge on any atom is -0.506 e. The molecular formula is C16H27BrN2O. The molecule has 1 unspecified atom stereocenters. The first-order chi connectivity index (χ1) is 9.58. The van der Waals surface area contributed by atoms with Crippen LogP contribution in [-0.4, -0.2) is 35.7 Å². The minimum absolute atomic E-state index is 0.343. The van der Waals surface area contributed by atoms with E-state index in [0.29, 0.717) is 18.3 Å². The molecule has 2 N–H and O–H groups in total. The SMILES string of the molecule is CCN(CC)CCCC(C)NCc1cccc(Br)c1O. The summed E-state index contributed by atoms with van der Waals surface area (Å²) in [6, 6.07) is 6.22. The number of para-hydroxylation sites is 1. The van der Waals surface area contributed by atoms with Crippen molar-refractivity contribution in [3.8, 4) is 5.75 Å². The van der Waals surface area contributed by atoms with Gasteiger partial charge in [-0.2, -0.15) is 0 Å². The lowest BCUT2D eigenvalue weighted by atomic mass is 10.1. The Bertz CT molecular complexity index is 394. The molecule has 0 aliphatic rings. The third-order valence-corrected chi connectivity index (χ3v) is 4.36. The predicted octanol–water partition coefficient (Wildman–Crippen LogP) is 3.75. The van der Waals surface area contributed by atoms with Crippen LogP contribution < -0.4 is 5.32 Å². The first-order valence-corrected chi connectivity index (χ1v) is 8.29. The van der Waals surface area contributed by atoms with E-state index in [1.54, 1.807) is 0 Å². The van der Waals surface area contributed by atoms with Crippen molar-refractivity contribution in [2.24, 2.45) is 0 Å². The maximum absolute atomic E-state index is 9.93. The number of aromatic hydroxyl groups is 1. The molecule has 0 aliphatic heterocycles. The molecule has 3 nitrogen and oxygen atoms in total. The Morgan fingerprint density at radius 2 is 2.00 bits per heavy atom. The fraction of sp³-hybridized carbons (Fsp3) is 0.625. The summed E-state index contributed by atoms with van der Waals surface area (Å²) < 4.78 is 0.756. The van der Waals surface area contributed by atoms with Gasteiger partial charge >= 0.3 is 0 Å². The Morgan fingerprint density at radius 1 is 1.30 bits per heavy atom. The summed E-state index contributed by atoms with van der Waals surface area (Å²) in [7, 11) is 0. The predicted molar refractivity (Wildman–Crippen MR) is 89.1 cm³/mol. The van der Waals surface area contributed by atoms with E-state index < -0.39 is 0 Å². The maximum Gasteiger partial charge on any atom is 0.134 e. The summed E-state index contributed by atoms with van der Waals surface area (Å²) in [6.45, 7) is 10.8. The van der Waals surface area contributed by atoms with Crippen LogP contribution in [0.15, 0.2) is 22.7 Å². The van der Waals surface area contributed by atoms with Gasteiger partial charge < -0.3 is 15.3 Å². The molecule has 0 fully saturated rings. The van der Waals surface area contributed by atoms with Gasteiger partial charge in [0.15, 0.2) is 0 Å². The van der Waals surface area contributed by atoms with Gasteiger partial charge in [-0.3, -0.25) is 0 Å². The highest BCUT2D eigenvalue weighted by Crippen LogP contribution is 2.27. The first-order valence-electron chi connectivity index (χ1n) is 7.50. The van der Waals surface area contributed by atoms with Crippen LogP contribution in [0, 0.1) is 0 Å². The van der Waals surface area contributed by atoms with E-state index >= 15 is 0 Å². The molecule has 0 amide bonds. The molecule has 0 heterocycles. The van der Waals surface area contributed by atoms with Crippen LogP contribution in [0.1, 0.15) is 39.2 Å². The molecule has 1 rings (SSSR count). The Hall–Kier alpha value is -0.580. The van der Waals surface area contributed by atoms with E-state index in [9.17, 15) is 5.11 Å². The van der Waals surface area contributed by atoms with Gasteiger partial charge in [-0.25, -0.2) is 0 Å². The molecule has 0 saturated carbocycles. The van der Waals surface area contributed by atoms with Gasteiger partial charge in [-0.05, 0) is 61.4 Å². The highest BCUT2D eigenvalue weighted by molar-refractivity contribution is 9.10.